The maximum Gasteiger partial charge on any atom is 0.0374 e. The second-order valence-corrected chi connectivity index (χ2v) is 7.38. The Morgan fingerprint density at radius 3 is 2.70 bits per heavy atom. The van der Waals surface area contributed by atoms with E-state index in [1.807, 2.05) is 0 Å². The Kier molecular flexibility index (Phi) is 3.66. The van der Waals surface area contributed by atoms with Crippen molar-refractivity contribution in [3.05, 3.63) is 23.8 Å². The molecule has 3 rings (SSSR count). The predicted molar refractivity (Wildman–Crippen MR) is 87.7 cm³/mol. The van der Waals surface area contributed by atoms with E-state index in [0.29, 0.717) is 5.41 Å². The van der Waals surface area contributed by atoms with Crippen molar-refractivity contribution in [1.82, 2.24) is 0 Å². The lowest BCUT2D eigenvalue weighted by Gasteiger charge is -2.39. The van der Waals surface area contributed by atoms with Crippen molar-refractivity contribution in [2.45, 2.75) is 58.4 Å². The molecule has 0 amide bonds. The van der Waals surface area contributed by atoms with E-state index in [1.54, 1.807) is 0 Å². The fourth-order valence-electron chi connectivity index (χ4n) is 3.66. The van der Waals surface area contributed by atoms with Gasteiger partial charge in [-0.25, -0.2) is 0 Å². The molecule has 110 valence electrons. The highest BCUT2D eigenvalue weighted by molar-refractivity contribution is 5.61. The van der Waals surface area contributed by atoms with Crippen molar-refractivity contribution in [3.8, 4) is 0 Å². The number of aryl methyl sites for hydroxylation is 1. The molecule has 1 aromatic carbocycles. The molecular weight excluding hydrogens is 244 g/mol. The lowest BCUT2D eigenvalue weighted by Crippen LogP contribution is -2.37. The molecule has 0 saturated heterocycles. The Hall–Kier alpha value is -1.18. The molecule has 1 aliphatic heterocycles. The first-order valence-corrected chi connectivity index (χ1v) is 8.15. The first kappa shape index (κ1) is 13.8. The number of anilines is 2. The highest BCUT2D eigenvalue weighted by Gasteiger charge is 2.29. The van der Waals surface area contributed by atoms with E-state index in [9.17, 15) is 0 Å². The molecule has 1 fully saturated rings. The molecule has 0 unspecified atom stereocenters. The van der Waals surface area contributed by atoms with Crippen LogP contribution < -0.4 is 10.2 Å². The first-order chi connectivity index (χ1) is 9.55. The average molecular weight is 272 g/mol. The van der Waals surface area contributed by atoms with E-state index in [1.165, 1.54) is 55.5 Å². The van der Waals surface area contributed by atoms with Crippen LogP contribution in [0.4, 0.5) is 11.4 Å². The molecule has 0 spiro atoms. The fraction of sp³-hybridized carbons (Fsp3) is 0.667. The van der Waals surface area contributed by atoms with Gasteiger partial charge < -0.3 is 10.2 Å². The van der Waals surface area contributed by atoms with Crippen molar-refractivity contribution < 1.29 is 0 Å². The summed E-state index contributed by atoms with van der Waals surface area (Å²) in [7, 11) is 2.28. The van der Waals surface area contributed by atoms with Gasteiger partial charge in [-0.3, -0.25) is 0 Å². The van der Waals surface area contributed by atoms with Crippen LogP contribution in [0.2, 0.25) is 0 Å². The summed E-state index contributed by atoms with van der Waals surface area (Å²) in [6.45, 7) is 5.95. The second kappa shape index (κ2) is 5.31. The van der Waals surface area contributed by atoms with Crippen LogP contribution in [-0.4, -0.2) is 19.6 Å². The van der Waals surface area contributed by atoms with Gasteiger partial charge in [0.25, 0.3) is 0 Å². The molecule has 1 aliphatic carbocycles. The van der Waals surface area contributed by atoms with E-state index in [4.69, 9.17) is 0 Å². The minimum absolute atomic E-state index is 0.553. The van der Waals surface area contributed by atoms with Crippen molar-refractivity contribution in [3.63, 3.8) is 0 Å². The van der Waals surface area contributed by atoms with Crippen LogP contribution in [0.1, 0.15) is 51.5 Å². The number of fused-ring (bicyclic) bond motifs is 1. The van der Waals surface area contributed by atoms with Gasteiger partial charge in [0.2, 0.25) is 0 Å². The maximum atomic E-state index is 3.50. The highest BCUT2D eigenvalue weighted by atomic mass is 15.1. The Morgan fingerprint density at radius 1 is 1.20 bits per heavy atom. The van der Waals surface area contributed by atoms with Crippen LogP contribution in [0.3, 0.4) is 0 Å². The SMILES string of the molecule is CN(c1ccc2c(c1)CCCN2)C1CCC(C)(C)CC1. The van der Waals surface area contributed by atoms with Crippen LogP contribution in [-0.2, 0) is 6.42 Å². The zero-order valence-electron chi connectivity index (χ0n) is 13.2. The Labute approximate surface area is 123 Å². The zero-order valence-corrected chi connectivity index (χ0v) is 13.2. The van der Waals surface area contributed by atoms with Crippen LogP contribution in [0.25, 0.3) is 0 Å². The molecule has 2 aliphatic rings. The summed E-state index contributed by atoms with van der Waals surface area (Å²) in [4.78, 5) is 2.52. The van der Waals surface area contributed by atoms with Crippen molar-refractivity contribution in [2.24, 2.45) is 5.41 Å². The normalized spacial score (nSPS) is 21.9. The molecule has 0 radical (unpaired) electrons. The number of benzene rings is 1. The summed E-state index contributed by atoms with van der Waals surface area (Å²) in [6, 6.07) is 7.68. The summed E-state index contributed by atoms with van der Waals surface area (Å²) in [5, 5.41) is 3.50. The fourth-order valence-corrected chi connectivity index (χ4v) is 3.66. The second-order valence-electron chi connectivity index (χ2n) is 7.38. The Bertz CT molecular complexity index is 468. The van der Waals surface area contributed by atoms with E-state index in [-0.39, 0.29) is 0 Å². The van der Waals surface area contributed by atoms with Crippen LogP contribution in [0.5, 0.6) is 0 Å². The first-order valence-electron chi connectivity index (χ1n) is 8.15. The monoisotopic (exact) mass is 272 g/mol. The van der Waals surface area contributed by atoms with E-state index >= 15 is 0 Å². The van der Waals surface area contributed by atoms with Gasteiger partial charge in [-0.15, -0.1) is 0 Å². The summed E-state index contributed by atoms with van der Waals surface area (Å²) < 4.78 is 0. The van der Waals surface area contributed by atoms with Gasteiger partial charge >= 0.3 is 0 Å². The van der Waals surface area contributed by atoms with Gasteiger partial charge in [0, 0.05) is 31.0 Å². The zero-order chi connectivity index (χ0) is 14.2. The molecule has 2 heteroatoms. The van der Waals surface area contributed by atoms with Gasteiger partial charge in [-0.05, 0) is 67.7 Å². The molecule has 1 aromatic rings. The van der Waals surface area contributed by atoms with E-state index < -0.39 is 0 Å². The highest BCUT2D eigenvalue weighted by Crippen LogP contribution is 2.38. The maximum absolute atomic E-state index is 3.50. The van der Waals surface area contributed by atoms with Gasteiger partial charge in [-0.2, -0.15) is 0 Å². The standard InChI is InChI=1S/C18H28N2/c1-18(2)10-8-15(9-11-18)20(3)16-6-7-17-14(13-16)5-4-12-19-17/h6-7,13,15,19H,4-5,8-12H2,1-3H3. The summed E-state index contributed by atoms with van der Waals surface area (Å²) in [5.41, 5.74) is 4.80. The van der Waals surface area contributed by atoms with Crippen molar-refractivity contribution in [1.29, 1.82) is 0 Å². The third kappa shape index (κ3) is 2.79. The van der Waals surface area contributed by atoms with Gasteiger partial charge in [-0.1, -0.05) is 13.8 Å². The van der Waals surface area contributed by atoms with Crippen molar-refractivity contribution >= 4 is 11.4 Å². The molecular formula is C18H28N2. The number of nitrogens with one attached hydrogen (secondary N) is 1. The third-order valence-electron chi connectivity index (χ3n) is 5.29. The molecule has 2 nitrogen and oxygen atoms in total. The third-order valence-corrected chi connectivity index (χ3v) is 5.29. The molecule has 0 aromatic heterocycles. The molecule has 0 bridgehead atoms. The molecule has 1 heterocycles. The lowest BCUT2D eigenvalue weighted by molar-refractivity contribution is 0.222. The number of rotatable bonds is 2. The van der Waals surface area contributed by atoms with Gasteiger partial charge in [0.05, 0.1) is 0 Å². The van der Waals surface area contributed by atoms with Crippen LogP contribution >= 0.6 is 0 Å². The number of hydrogen-bond acceptors (Lipinski definition) is 2. The van der Waals surface area contributed by atoms with Crippen molar-refractivity contribution in [2.75, 3.05) is 23.8 Å². The topological polar surface area (TPSA) is 15.3 Å². The minimum atomic E-state index is 0.553. The summed E-state index contributed by atoms with van der Waals surface area (Å²) >= 11 is 0. The van der Waals surface area contributed by atoms with Gasteiger partial charge in [0.15, 0.2) is 0 Å². The number of hydrogen-bond donors (Lipinski definition) is 1. The summed E-state index contributed by atoms with van der Waals surface area (Å²) in [5.74, 6) is 0. The molecule has 0 atom stereocenters. The quantitative estimate of drug-likeness (QED) is 0.855. The Morgan fingerprint density at radius 2 is 1.95 bits per heavy atom. The van der Waals surface area contributed by atoms with E-state index in [2.05, 4.69) is 49.3 Å². The van der Waals surface area contributed by atoms with Crippen LogP contribution in [0.15, 0.2) is 18.2 Å². The van der Waals surface area contributed by atoms with Gasteiger partial charge in [0.1, 0.15) is 0 Å². The number of nitrogens with zero attached hydrogens (tertiary/aromatic N) is 1. The van der Waals surface area contributed by atoms with E-state index in [0.717, 1.165) is 12.6 Å². The minimum Gasteiger partial charge on any atom is -0.385 e. The Balaban J connectivity index is 1.72. The summed E-state index contributed by atoms with van der Waals surface area (Å²) in [6.07, 6.45) is 7.86. The molecule has 20 heavy (non-hydrogen) atoms. The van der Waals surface area contributed by atoms with Crippen LogP contribution in [0, 0.1) is 5.41 Å². The molecule has 1 N–H and O–H groups in total. The predicted octanol–water partition coefficient (Wildman–Crippen LogP) is 4.45. The largest absolute Gasteiger partial charge is 0.385 e. The molecule has 1 saturated carbocycles. The average Bonchev–Trinajstić information content (AvgIpc) is 2.46. The smallest absolute Gasteiger partial charge is 0.0374 e. The lowest BCUT2D eigenvalue weighted by atomic mass is 9.75.